The zero-order chi connectivity index (χ0) is 11.0. The van der Waals surface area contributed by atoms with E-state index in [1.54, 1.807) is 12.1 Å². The van der Waals surface area contributed by atoms with Gasteiger partial charge < -0.3 is 10.3 Å². The van der Waals surface area contributed by atoms with Crippen molar-refractivity contribution in [3.05, 3.63) is 35.8 Å². The average molecular weight is 206 g/mol. The minimum absolute atomic E-state index is 0.0274. The molecule has 0 aliphatic carbocycles. The lowest BCUT2D eigenvalue weighted by atomic mass is 10.2. The zero-order valence-corrected chi connectivity index (χ0v) is 9.00. The summed E-state index contributed by atoms with van der Waals surface area (Å²) in [6.07, 6.45) is 0. The van der Waals surface area contributed by atoms with E-state index < -0.39 is 0 Å². The van der Waals surface area contributed by atoms with E-state index in [1.807, 2.05) is 13.0 Å². The zero-order valence-electron chi connectivity index (χ0n) is 9.00. The SMILES string of the molecule is CCn1c(C(C)N)cc2cc(F)ccc21. The normalized spacial score (nSPS) is 13.3. The number of aromatic nitrogens is 1. The maximum atomic E-state index is 13.0. The summed E-state index contributed by atoms with van der Waals surface area (Å²) in [4.78, 5) is 0. The third-order valence-corrected chi connectivity index (χ3v) is 2.68. The number of halogens is 1. The molecule has 2 aromatic rings. The summed E-state index contributed by atoms with van der Waals surface area (Å²) in [7, 11) is 0. The van der Waals surface area contributed by atoms with Crippen LogP contribution in [-0.4, -0.2) is 4.57 Å². The van der Waals surface area contributed by atoms with Gasteiger partial charge in [0.15, 0.2) is 0 Å². The second-order valence-corrected chi connectivity index (χ2v) is 3.81. The van der Waals surface area contributed by atoms with Crippen molar-refractivity contribution in [2.45, 2.75) is 26.4 Å². The quantitative estimate of drug-likeness (QED) is 0.804. The van der Waals surface area contributed by atoms with E-state index in [0.717, 1.165) is 23.1 Å². The van der Waals surface area contributed by atoms with Crippen molar-refractivity contribution in [1.29, 1.82) is 0 Å². The first-order valence-corrected chi connectivity index (χ1v) is 5.17. The third-order valence-electron chi connectivity index (χ3n) is 2.68. The van der Waals surface area contributed by atoms with Gasteiger partial charge in [0.25, 0.3) is 0 Å². The highest BCUT2D eigenvalue weighted by Gasteiger charge is 2.10. The van der Waals surface area contributed by atoms with Crippen LogP contribution in [0.25, 0.3) is 10.9 Å². The Labute approximate surface area is 88.5 Å². The first-order chi connectivity index (χ1) is 7.13. The standard InChI is InChI=1S/C12H15FN2/c1-3-15-11-5-4-10(13)6-9(11)7-12(15)8(2)14/h4-8H,3,14H2,1-2H3. The Hall–Kier alpha value is -1.35. The highest BCUT2D eigenvalue weighted by Crippen LogP contribution is 2.24. The third kappa shape index (κ3) is 1.63. The van der Waals surface area contributed by atoms with Gasteiger partial charge in [0.2, 0.25) is 0 Å². The van der Waals surface area contributed by atoms with Crippen molar-refractivity contribution in [1.82, 2.24) is 4.57 Å². The molecule has 2 rings (SSSR count). The maximum Gasteiger partial charge on any atom is 0.123 e. The molecule has 1 aromatic heterocycles. The topological polar surface area (TPSA) is 30.9 Å². The molecule has 0 fully saturated rings. The minimum atomic E-state index is -0.202. The van der Waals surface area contributed by atoms with Crippen LogP contribution in [0.4, 0.5) is 4.39 Å². The largest absolute Gasteiger partial charge is 0.343 e. The lowest BCUT2D eigenvalue weighted by Gasteiger charge is -2.10. The summed E-state index contributed by atoms with van der Waals surface area (Å²) in [6, 6.07) is 6.78. The lowest BCUT2D eigenvalue weighted by molar-refractivity contribution is 0.629. The molecule has 0 spiro atoms. The smallest absolute Gasteiger partial charge is 0.123 e. The van der Waals surface area contributed by atoms with E-state index in [-0.39, 0.29) is 11.9 Å². The fraction of sp³-hybridized carbons (Fsp3) is 0.333. The van der Waals surface area contributed by atoms with Gasteiger partial charge in [-0.1, -0.05) is 0 Å². The molecule has 2 nitrogen and oxygen atoms in total. The molecule has 0 saturated carbocycles. The van der Waals surface area contributed by atoms with E-state index in [4.69, 9.17) is 5.73 Å². The van der Waals surface area contributed by atoms with Crippen LogP contribution in [-0.2, 0) is 6.54 Å². The van der Waals surface area contributed by atoms with E-state index in [9.17, 15) is 4.39 Å². The van der Waals surface area contributed by atoms with Crippen molar-refractivity contribution in [2.75, 3.05) is 0 Å². The molecule has 0 aliphatic heterocycles. The van der Waals surface area contributed by atoms with E-state index in [0.29, 0.717) is 0 Å². The highest BCUT2D eigenvalue weighted by molar-refractivity contribution is 5.81. The Morgan fingerprint density at radius 2 is 2.13 bits per heavy atom. The second-order valence-electron chi connectivity index (χ2n) is 3.81. The highest BCUT2D eigenvalue weighted by atomic mass is 19.1. The Balaban J connectivity index is 2.73. The monoisotopic (exact) mass is 206 g/mol. The Bertz CT molecular complexity index is 486. The maximum absolute atomic E-state index is 13.0. The molecule has 80 valence electrons. The fourth-order valence-corrected chi connectivity index (χ4v) is 1.99. The molecule has 0 amide bonds. The Kier molecular flexibility index (Phi) is 2.49. The molecule has 0 radical (unpaired) electrons. The van der Waals surface area contributed by atoms with Crippen LogP contribution >= 0.6 is 0 Å². The summed E-state index contributed by atoms with van der Waals surface area (Å²) in [6.45, 7) is 4.86. The summed E-state index contributed by atoms with van der Waals surface area (Å²) in [5, 5.41) is 0.921. The van der Waals surface area contributed by atoms with Crippen molar-refractivity contribution in [2.24, 2.45) is 5.73 Å². The number of fused-ring (bicyclic) bond motifs is 1. The molecule has 1 aromatic carbocycles. The van der Waals surface area contributed by atoms with Crippen LogP contribution in [0.5, 0.6) is 0 Å². The molecule has 0 bridgehead atoms. The van der Waals surface area contributed by atoms with Crippen LogP contribution in [0, 0.1) is 5.82 Å². The summed E-state index contributed by atoms with van der Waals surface area (Å²) in [5.41, 5.74) is 7.98. The van der Waals surface area contributed by atoms with Crippen molar-refractivity contribution in [3.8, 4) is 0 Å². The first-order valence-electron chi connectivity index (χ1n) is 5.17. The molecular weight excluding hydrogens is 191 g/mol. The van der Waals surface area contributed by atoms with Crippen molar-refractivity contribution in [3.63, 3.8) is 0 Å². The van der Waals surface area contributed by atoms with Crippen LogP contribution in [0.3, 0.4) is 0 Å². The number of nitrogens with zero attached hydrogens (tertiary/aromatic N) is 1. The van der Waals surface area contributed by atoms with E-state index in [2.05, 4.69) is 11.5 Å². The molecule has 0 aliphatic rings. The Morgan fingerprint density at radius 3 is 2.73 bits per heavy atom. The number of hydrogen-bond acceptors (Lipinski definition) is 1. The molecule has 3 heteroatoms. The minimum Gasteiger partial charge on any atom is -0.343 e. The van der Waals surface area contributed by atoms with Crippen molar-refractivity contribution < 1.29 is 4.39 Å². The number of rotatable bonds is 2. The van der Waals surface area contributed by atoms with Gasteiger partial charge in [-0.05, 0) is 38.1 Å². The molecular formula is C12H15FN2. The van der Waals surface area contributed by atoms with Gasteiger partial charge >= 0.3 is 0 Å². The summed E-state index contributed by atoms with van der Waals surface area (Å²) in [5.74, 6) is -0.202. The molecule has 1 heterocycles. The molecule has 1 atom stereocenters. The summed E-state index contributed by atoms with van der Waals surface area (Å²) >= 11 is 0. The molecule has 2 N–H and O–H groups in total. The first kappa shape index (κ1) is 10.2. The van der Waals surface area contributed by atoms with Crippen LogP contribution in [0.15, 0.2) is 24.3 Å². The van der Waals surface area contributed by atoms with Gasteiger partial charge in [-0.15, -0.1) is 0 Å². The molecule has 15 heavy (non-hydrogen) atoms. The number of nitrogens with two attached hydrogens (primary N) is 1. The van der Waals surface area contributed by atoms with Crippen LogP contribution in [0.2, 0.25) is 0 Å². The summed E-state index contributed by atoms with van der Waals surface area (Å²) < 4.78 is 15.2. The fourth-order valence-electron chi connectivity index (χ4n) is 1.99. The number of benzene rings is 1. The van der Waals surface area contributed by atoms with Gasteiger partial charge in [0.05, 0.1) is 0 Å². The lowest BCUT2D eigenvalue weighted by Crippen LogP contribution is -2.11. The van der Waals surface area contributed by atoms with Gasteiger partial charge in [0.1, 0.15) is 5.82 Å². The van der Waals surface area contributed by atoms with Gasteiger partial charge in [-0.25, -0.2) is 4.39 Å². The van der Waals surface area contributed by atoms with Crippen LogP contribution in [0.1, 0.15) is 25.6 Å². The van der Waals surface area contributed by atoms with Crippen LogP contribution < -0.4 is 5.73 Å². The van der Waals surface area contributed by atoms with E-state index in [1.165, 1.54) is 6.07 Å². The Morgan fingerprint density at radius 1 is 1.40 bits per heavy atom. The van der Waals surface area contributed by atoms with Gasteiger partial charge in [0, 0.05) is 29.2 Å². The number of hydrogen-bond donors (Lipinski definition) is 1. The number of aryl methyl sites for hydroxylation is 1. The second kappa shape index (κ2) is 3.66. The predicted molar refractivity (Wildman–Crippen MR) is 60.2 cm³/mol. The van der Waals surface area contributed by atoms with Crippen molar-refractivity contribution >= 4 is 10.9 Å². The predicted octanol–water partition coefficient (Wildman–Crippen LogP) is 2.82. The molecule has 0 saturated heterocycles. The average Bonchev–Trinajstić information content (AvgIpc) is 2.55. The molecule has 1 unspecified atom stereocenters. The van der Waals surface area contributed by atoms with Gasteiger partial charge in [-0.2, -0.15) is 0 Å². The van der Waals surface area contributed by atoms with E-state index >= 15 is 0 Å². The van der Waals surface area contributed by atoms with Gasteiger partial charge in [-0.3, -0.25) is 0 Å².